The van der Waals surface area contributed by atoms with Crippen molar-refractivity contribution in [3.8, 4) is 5.75 Å². The first-order chi connectivity index (χ1) is 9.88. The van der Waals surface area contributed by atoms with Crippen LogP contribution in [0.15, 0.2) is 42.5 Å². The van der Waals surface area contributed by atoms with Crippen molar-refractivity contribution >= 4 is 19.9 Å². The molecule has 0 heterocycles. The Balaban J connectivity index is 2.21. The molecule has 0 unspecified atom stereocenters. The largest absolute Gasteiger partial charge is 0.544 e. The van der Waals surface area contributed by atoms with Gasteiger partial charge in [0.05, 0.1) is 5.56 Å². The van der Waals surface area contributed by atoms with Crippen molar-refractivity contribution in [3.05, 3.63) is 64.7 Å². The van der Waals surface area contributed by atoms with Crippen LogP contribution >= 0.6 is 0 Å². The molecule has 0 aromatic heterocycles. The summed E-state index contributed by atoms with van der Waals surface area (Å²) in [6.07, 6.45) is 0. The van der Waals surface area contributed by atoms with Crippen LogP contribution in [0.2, 0.25) is 19.6 Å². The third-order valence-corrected chi connectivity index (χ3v) is 4.16. The van der Waals surface area contributed by atoms with Crippen molar-refractivity contribution < 1.29 is 14.0 Å². The summed E-state index contributed by atoms with van der Waals surface area (Å²) < 4.78 is 6.00. The quantitative estimate of drug-likeness (QED) is 0.678. The highest BCUT2D eigenvalue weighted by atomic mass is 28.4. The van der Waals surface area contributed by atoms with E-state index in [0.29, 0.717) is 28.0 Å². The van der Waals surface area contributed by atoms with E-state index in [9.17, 15) is 9.59 Å². The molecule has 2 aromatic rings. The summed E-state index contributed by atoms with van der Waals surface area (Å²) >= 11 is 0. The first-order valence-corrected chi connectivity index (χ1v) is 10.3. The summed E-state index contributed by atoms with van der Waals surface area (Å²) in [6.45, 7) is 6.15. The van der Waals surface area contributed by atoms with Crippen molar-refractivity contribution in [2.24, 2.45) is 0 Å². The molecule has 3 nitrogen and oxygen atoms in total. The molecule has 0 atom stereocenters. The average Bonchev–Trinajstić information content (AvgIpc) is 2.43. The number of carbonyl (C=O) groups is 2. The molecular formula is C17H16O3Si. The Labute approximate surface area is 124 Å². The van der Waals surface area contributed by atoms with Gasteiger partial charge in [-0.3, -0.25) is 9.59 Å². The number of fused-ring (bicyclic) bond motifs is 2. The number of rotatable bonds is 2. The highest BCUT2D eigenvalue weighted by Crippen LogP contribution is 2.34. The third kappa shape index (κ3) is 2.32. The normalized spacial score (nSPS) is 13.7. The van der Waals surface area contributed by atoms with E-state index in [1.807, 2.05) is 0 Å². The first kappa shape index (κ1) is 13.8. The van der Waals surface area contributed by atoms with Crippen LogP contribution in [0.4, 0.5) is 0 Å². The molecule has 21 heavy (non-hydrogen) atoms. The number of ketones is 2. The Morgan fingerprint density at radius 2 is 1.33 bits per heavy atom. The lowest BCUT2D eigenvalue weighted by Crippen LogP contribution is -2.31. The molecule has 4 heteroatoms. The topological polar surface area (TPSA) is 43.4 Å². The fourth-order valence-corrected chi connectivity index (χ4v) is 3.36. The van der Waals surface area contributed by atoms with Gasteiger partial charge in [0.25, 0.3) is 0 Å². The van der Waals surface area contributed by atoms with Gasteiger partial charge in [0, 0.05) is 16.7 Å². The van der Waals surface area contributed by atoms with Crippen LogP contribution in [-0.2, 0) is 0 Å². The second-order valence-corrected chi connectivity index (χ2v) is 10.5. The second-order valence-electron chi connectivity index (χ2n) is 6.10. The molecule has 1 aliphatic rings. The van der Waals surface area contributed by atoms with E-state index in [-0.39, 0.29) is 11.6 Å². The van der Waals surface area contributed by atoms with Gasteiger partial charge in [-0.25, -0.2) is 0 Å². The predicted molar refractivity (Wildman–Crippen MR) is 83.7 cm³/mol. The molecule has 0 saturated carbocycles. The minimum absolute atomic E-state index is 0.110. The monoisotopic (exact) mass is 296 g/mol. The molecule has 0 radical (unpaired) electrons. The van der Waals surface area contributed by atoms with E-state index in [4.69, 9.17) is 4.43 Å². The lowest BCUT2D eigenvalue weighted by molar-refractivity contribution is 0.0977. The highest BCUT2D eigenvalue weighted by molar-refractivity contribution is 6.70. The van der Waals surface area contributed by atoms with Crippen LogP contribution in [0.1, 0.15) is 31.8 Å². The van der Waals surface area contributed by atoms with Gasteiger partial charge in [-0.1, -0.05) is 36.4 Å². The Hall–Kier alpha value is -2.20. The predicted octanol–water partition coefficient (Wildman–Crippen LogP) is 3.68. The highest BCUT2D eigenvalue weighted by Gasteiger charge is 2.33. The van der Waals surface area contributed by atoms with E-state index >= 15 is 0 Å². The van der Waals surface area contributed by atoms with Crippen molar-refractivity contribution in [3.63, 3.8) is 0 Å². The second kappa shape index (κ2) is 4.67. The molecule has 0 aliphatic heterocycles. The first-order valence-electron chi connectivity index (χ1n) is 6.89. The van der Waals surface area contributed by atoms with Gasteiger partial charge in [0.2, 0.25) is 8.32 Å². The van der Waals surface area contributed by atoms with Gasteiger partial charge >= 0.3 is 0 Å². The molecule has 0 bridgehead atoms. The van der Waals surface area contributed by atoms with Gasteiger partial charge in [0.1, 0.15) is 5.75 Å². The van der Waals surface area contributed by atoms with Crippen molar-refractivity contribution in [2.75, 3.05) is 0 Å². The lowest BCUT2D eigenvalue weighted by Gasteiger charge is -2.25. The van der Waals surface area contributed by atoms with Gasteiger partial charge in [-0.05, 0) is 25.7 Å². The molecule has 0 fully saturated rings. The van der Waals surface area contributed by atoms with Crippen LogP contribution in [0.5, 0.6) is 5.75 Å². The minimum Gasteiger partial charge on any atom is -0.544 e. The minimum atomic E-state index is -1.86. The summed E-state index contributed by atoms with van der Waals surface area (Å²) in [5, 5.41) is 0. The standard InChI is InChI=1S/C17H16O3Si/c1-21(2,3)20-14-10-6-9-13-15(14)17(19)12-8-5-4-7-11(12)16(13)18/h4-10H,1-3H3. The van der Waals surface area contributed by atoms with Crippen molar-refractivity contribution in [1.82, 2.24) is 0 Å². The summed E-state index contributed by atoms with van der Waals surface area (Å²) in [6, 6.07) is 12.2. The van der Waals surface area contributed by atoms with Gasteiger partial charge in [-0.15, -0.1) is 0 Å². The summed E-state index contributed by atoms with van der Waals surface area (Å²) in [7, 11) is -1.86. The Bertz CT molecular complexity index is 757. The maximum absolute atomic E-state index is 12.7. The molecule has 0 spiro atoms. The zero-order valence-corrected chi connectivity index (χ0v) is 13.3. The molecule has 0 N–H and O–H groups in total. The van der Waals surface area contributed by atoms with E-state index < -0.39 is 8.32 Å². The molecule has 3 rings (SSSR count). The van der Waals surface area contributed by atoms with Gasteiger partial charge in [-0.2, -0.15) is 0 Å². The molecule has 106 valence electrons. The Kier molecular flexibility index (Phi) is 3.06. The lowest BCUT2D eigenvalue weighted by atomic mass is 9.84. The van der Waals surface area contributed by atoms with E-state index in [0.717, 1.165) is 0 Å². The van der Waals surface area contributed by atoms with Crippen LogP contribution in [0.25, 0.3) is 0 Å². The molecular weight excluding hydrogens is 280 g/mol. The Morgan fingerprint density at radius 3 is 1.95 bits per heavy atom. The maximum Gasteiger partial charge on any atom is 0.242 e. The summed E-state index contributed by atoms with van der Waals surface area (Å²) in [4.78, 5) is 25.3. The van der Waals surface area contributed by atoms with E-state index in [2.05, 4.69) is 19.6 Å². The SMILES string of the molecule is C[Si](C)(C)Oc1cccc2c1C(=O)c1ccccc1C2=O. The third-order valence-electron chi connectivity index (χ3n) is 3.33. The zero-order valence-electron chi connectivity index (χ0n) is 12.3. The van der Waals surface area contributed by atoms with Crippen LogP contribution < -0.4 is 4.43 Å². The maximum atomic E-state index is 12.7. The van der Waals surface area contributed by atoms with Gasteiger partial charge in [0.15, 0.2) is 11.6 Å². The van der Waals surface area contributed by atoms with Crippen LogP contribution in [0, 0.1) is 0 Å². The van der Waals surface area contributed by atoms with E-state index in [1.54, 1.807) is 42.5 Å². The zero-order chi connectivity index (χ0) is 15.2. The van der Waals surface area contributed by atoms with Crippen molar-refractivity contribution in [1.29, 1.82) is 0 Å². The molecule has 2 aromatic carbocycles. The Morgan fingerprint density at radius 1 is 0.762 bits per heavy atom. The fourth-order valence-electron chi connectivity index (χ4n) is 2.53. The molecule has 1 aliphatic carbocycles. The summed E-state index contributed by atoms with van der Waals surface area (Å²) in [5.41, 5.74) is 1.78. The number of benzene rings is 2. The number of hydrogen-bond acceptors (Lipinski definition) is 3. The average molecular weight is 296 g/mol. The summed E-state index contributed by atoms with van der Waals surface area (Å²) in [5.74, 6) is 0.287. The smallest absolute Gasteiger partial charge is 0.242 e. The van der Waals surface area contributed by atoms with Crippen LogP contribution in [-0.4, -0.2) is 19.9 Å². The number of hydrogen-bond donors (Lipinski definition) is 0. The van der Waals surface area contributed by atoms with Crippen molar-refractivity contribution in [2.45, 2.75) is 19.6 Å². The van der Waals surface area contributed by atoms with Crippen LogP contribution in [0.3, 0.4) is 0 Å². The van der Waals surface area contributed by atoms with Gasteiger partial charge < -0.3 is 4.43 Å². The molecule has 0 saturated heterocycles. The fraction of sp³-hybridized carbons (Fsp3) is 0.176. The molecule has 0 amide bonds. The number of carbonyl (C=O) groups excluding carboxylic acids is 2. The van der Waals surface area contributed by atoms with E-state index in [1.165, 1.54) is 0 Å².